The number of halogens is 1. The molecule has 0 spiro atoms. The topological polar surface area (TPSA) is 18.5 Å². The summed E-state index contributed by atoms with van der Waals surface area (Å²) in [6.07, 6.45) is 1.62. The molecule has 0 aliphatic carbocycles. The van der Waals surface area contributed by atoms with Gasteiger partial charge in [-0.25, -0.2) is 4.39 Å². The van der Waals surface area contributed by atoms with Gasteiger partial charge in [-0.15, -0.1) is 0 Å². The van der Waals surface area contributed by atoms with Gasteiger partial charge >= 0.3 is 0 Å². The fourth-order valence-electron chi connectivity index (χ4n) is 1.49. The van der Waals surface area contributed by atoms with Gasteiger partial charge in [-0.05, 0) is 36.6 Å². The van der Waals surface area contributed by atoms with Crippen molar-refractivity contribution in [3.63, 3.8) is 0 Å². The van der Waals surface area contributed by atoms with Gasteiger partial charge in [0.05, 0.1) is 6.61 Å². The molecule has 0 atom stereocenters. The van der Waals surface area contributed by atoms with E-state index < -0.39 is 0 Å². The van der Waals surface area contributed by atoms with Crippen molar-refractivity contribution in [3.05, 3.63) is 29.1 Å². The smallest absolute Gasteiger partial charge is 0.126 e. The van der Waals surface area contributed by atoms with Gasteiger partial charge in [0.1, 0.15) is 11.6 Å². The van der Waals surface area contributed by atoms with Crippen molar-refractivity contribution in [1.29, 1.82) is 0 Å². The van der Waals surface area contributed by atoms with Gasteiger partial charge < -0.3 is 9.47 Å². The van der Waals surface area contributed by atoms with Crippen molar-refractivity contribution in [2.45, 2.75) is 26.7 Å². The second-order valence-electron chi connectivity index (χ2n) is 3.76. The lowest BCUT2D eigenvalue weighted by atomic mass is 10.1. The highest BCUT2D eigenvalue weighted by atomic mass is 19.1. The molecular weight excluding hydrogens is 207 g/mol. The van der Waals surface area contributed by atoms with E-state index in [1.54, 1.807) is 26.2 Å². The molecular formula is C13H19FO2. The van der Waals surface area contributed by atoms with Crippen molar-refractivity contribution in [3.8, 4) is 5.75 Å². The molecule has 0 aliphatic rings. The Kier molecular flexibility index (Phi) is 5.26. The fraction of sp³-hybridized carbons (Fsp3) is 0.538. The third-order valence-electron chi connectivity index (χ3n) is 2.47. The Hall–Kier alpha value is -1.09. The molecule has 0 bridgehead atoms. The zero-order chi connectivity index (χ0) is 12.0. The van der Waals surface area contributed by atoms with Crippen molar-refractivity contribution in [2.24, 2.45) is 0 Å². The normalized spacial score (nSPS) is 10.5. The predicted molar refractivity (Wildman–Crippen MR) is 62.5 cm³/mol. The summed E-state index contributed by atoms with van der Waals surface area (Å²) < 4.78 is 23.9. The summed E-state index contributed by atoms with van der Waals surface area (Å²) >= 11 is 0. The van der Waals surface area contributed by atoms with E-state index in [9.17, 15) is 4.39 Å². The summed E-state index contributed by atoms with van der Waals surface area (Å²) in [5.74, 6) is 0.624. The van der Waals surface area contributed by atoms with Crippen LogP contribution in [0.2, 0.25) is 0 Å². The van der Waals surface area contributed by atoms with Crippen molar-refractivity contribution >= 4 is 0 Å². The molecule has 0 unspecified atom stereocenters. The summed E-state index contributed by atoms with van der Waals surface area (Å²) in [6.45, 7) is 5.02. The third-order valence-corrected chi connectivity index (χ3v) is 2.47. The number of methoxy groups -OCH3 is 1. The van der Waals surface area contributed by atoms with Gasteiger partial charge in [-0.1, -0.05) is 6.92 Å². The van der Waals surface area contributed by atoms with Crippen LogP contribution in [-0.4, -0.2) is 20.3 Å². The third kappa shape index (κ3) is 3.49. The quantitative estimate of drug-likeness (QED) is 0.694. The first-order chi connectivity index (χ1) is 7.69. The Morgan fingerprint density at radius 3 is 2.62 bits per heavy atom. The molecule has 0 N–H and O–H groups in total. The molecule has 1 rings (SSSR count). The number of aryl methyl sites for hydroxylation is 2. The second-order valence-corrected chi connectivity index (χ2v) is 3.76. The number of ether oxygens (including phenoxy) is 2. The molecule has 3 heteroatoms. The minimum atomic E-state index is -0.166. The van der Waals surface area contributed by atoms with Crippen LogP contribution in [-0.2, 0) is 11.2 Å². The zero-order valence-electron chi connectivity index (χ0n) is 10.2. The summed E-state index contributed by atoms with van der Waals surface area (Å²) in [5.41, 5.74) is 1.54. The van der Waals surface area contributed by atoms with Crippen molar-refractivity contribution < 1.29 is 13.9 Å². The second kappa shape index (κ2) is 6.48. The minimum absolute atomic E-state index is 0.166. The molecule has 90 valence electrons. The standard InChI is InChI=1S/C13H19FO2/c1-4-11-9-12(14)10(2)8-13(11)16-7-5-6-15-3/h8-9H,4-7H2,1-3H3. The van der Waals surface area contributed by atoms with Gasteiger partial charge in [0, 0.05) is 20.1 Å². The summed E-state index contributed by atoms with van der Waals surface area (Å²) in [7, 11) is 1.67. The van der Waals surface area contributed by atoms with E-state index in [1.807, 2.05) is 6.92 Å². The largest absolute Gasteiger partial charge is 0.493 e. The van der Waals surface area contributed by atoms with E-state index in [1.165, 1.54) is 0 Å². The first-order valence-electron chi connectivity index (χ1n) is 5.59. The monoisotopic (exact) mass is 226 g/mol. The molecule has 2 nitrogen and oxygen atoms in total. The lowest BCUT2D eigenvalue weighted by Crippen LogP contribution is -2.04. The highest BCUT2D eigenvalue weighted by molar-refractivity contribution is 5.38. The van der Waals surface area contributed by atoms with E-state index >= 15 is 0 Å². The van der Waals surface area contributed by atoms with Crippen LogP contribution in [0, 0.1) is 12.7 Å². The Morgan fingerprint density at radius 1 is 1.25 bits per heavy atom. The SMILES string of the molecule is CCc1cc(F)c(C)cc1OCCCOC. The molecule has 0 amide bonds. The summed E-state index contributed by atoms with van der Waals surface area (Å²) in [6, 6.07) is 3.32. The number of hydrogen-bond donors (Lipinski definition) is 0. The maximum Gasteiger partial charge on any atom is 0.126 e. The van der Waals surface area contributed by atoms with Crippen LogP contribution in [0.4, 0.5) is 4.39 Å². The predicted octanol–water partition coefficient (Wildman–Crippen LogP) is 3.11. The Morgan fingerprint density at radius 2 is 2.00 bits per heavy atom. The van der Waals surface area contributed by atoms with Crippen LogP contribution in [0.1, 0.15) is 24.5 Å². The Labute approximate surface area is 96.4 Å². The molecule has 0 heterocycles. The fourth-order valence-corrected chi connectivity index (χ4v) is 1.49. The van der Waals surface area contributed by atoms with Gasteiger partial charge in [-0.2, -0.15) is 0 Å². The molecule has 0 fully saturated rings. The van der Waals surface area contributed by atoms with Gasteiger partial charge in [0.15, 0.2) is 0 Å². The number of rotatable bonds is 6. The molecule has 0 aliphatic heterocycles. The zero-order valence-corrected chi connectivity index (χ0v) is 10.2. The van der Waals surface area contributed by atoms with E-state index in [4.69, 9.17) is 9.47 Å². The lowest BCUT2D eigenvalue weighted by molar-refractivity contribution is 0.171. The van der Waals surface area contributed by atoms with Crippen LogP contribution in [0.3, 0.4) is 0 Å². The van der Waals surface area contributed by atoms with E-state index in [-0.39, 0.29) is 5.82 Å². The maximum absolute atomic E-state index is 13.3. The number of hydrogen-bond acceptors (Lipinski definition) is 2. The van der Waals surface area contributed by atoms with E-state index in [2.05, 4.69) is 0 Å². The van der Waals surface area contributed by atoms with Gasteiger partial charge in [-0.3, -0.25) is 0 Å². The van der Waals surface area contributed by atoms with E-state index in [0.717, 1.165) is 24.2 Å². The highest BCUT2D eigenvalue weighted by Crippen LogP contribution is 2.23. The lowest BCUT2D eigenvalue weighted by Gasteiger charge is -2.11. The molecule has 0 aromatic heterocycles. The van der Waals surface area contributed by atoms with Crippen molar-refractivity contribution in [1.82, 2.24) is 0 Å². The van der Waals surface area contributed by atoms with Crippen LogP contribution in [0.25, 0.3) is 0 Å². The average Bonchev–Trinajstić information content (AvgIpc) is 2.28. The highest BCUT2D eigenvalue weighted by Gasteiger charge is 2.06. The van der Waals surface area contributed by atoms with E-state index in [0.29, 0.717) is 18.8 Å². The first-order valence-corrected chi connectivity index (χ1v) is 5.59. The minimum Gasteiger partial charge on any atom is -0.493 e. The summed E-state index contributed by atoms with van der Waals surface area (Å²) in [5, 5.41) is 0. The Balaban J connectivity index is 2.66. The van der Waals surface area contributed by atoms with Crippen LogP contribution >= 0.6 is 0 Å². The van der Waals surface area contributed by atoms with Gasteiger partial charge in [0.25, 0.3) is 0 Å². The Bertz CT molecular complexity index is 337. The maximum atomic E-state index is 13.3. The van der Waals surface area contributed by atoms with Crippen molar-refractivity contribution in [2.75, 3.05) is 20.3 Å². The first kappa shape index (κ1) is 13.0. The number of benzene rings is 1. The van der Waals surface area contributed by atoms with Crippen LogP contribution in [0.5, 0.6) is 5.75 Å². The molecule has 0 saturated heterocycles. The summed E-state index contributed by atoms with van der Waals surface area (Å²) in [4.78, 5) is 0. The van der Waals surface area contributed by atoms with Crippen LogP contribution < -0.4 is 4.74 Å². The van der Waals surface area contributed by atoms with Gasteiger partial charge in [0.2, 0.25) is 0 Å². The molecule has 1 aromatic carbocycles. The molecule has 0 radical (unpaired) electrons. The van der Waals surface area contributed by atoms with Crippen LogP contribution in [0.15, 0.2) is 12.1 Å². The average molecular weight is 226 g/mol. The molecule has 0 saturated carbocycles. The molecule has 1 aromatic rings. The molecule has 16 heavy (non-hydrogen) atoms.